The third-order valence-electron chi connectivity index (χ3n) is 4.14. The van der Waals surface area contributed by atoms with E-state index in [1.807, 2.05) is 30.5 Å². The Morgan fingerprint density at radius 3 is 2.83 bits per heavy atom. The smallest absolute Gasteiger partial charge is 0.142 e. The molecule has 1 aliphatic heterocycles. The minimum Gasteiger partial charge on any atom is -0.371 e. The van der Waals surface area contributed by atoms with Gasteiger partial charge in [-0.05, 0) is 17.7 Å². The van der Waals surface area contributed by atoms with Crippen molar-refractivity contribution in [3.05, 3.63) is 71.4 Å². The number of morpholine rings is 1. The normalized spacial score (nSPS) is 18.6. The topological polar surface area (TPSA) is 38.2 Å². The predicted octanol–water partition coefficient (Wildman–Crippen LogP) is 3.78. The van der Waals surface area contributed by atoms with Gasteiger partial charge in [-0.2, -0.15) is 0 Å². The van der Waals surface area contributed by atoms with Crippen LogP contribution in [0.3, 0.4) is 0 Å². The van der Waals surface area contributed by atoms with E-state index in [1.165, 1.54) is 5.56 Å². The third kappa shape index (κ3) is 3.53. The van der Waals surface area contributed by atoms with E-state index in [-0.39, 0.29) is 6.10 Å². The maximum absolute atomic E-state index is 5.94. The molecule has 5 heteroatoms. The molecule has 1 aliphatic rings. The van der Waals surface area contributed by atoms with E-state index in [0.717, 1.165) is 42.6 Å². The molecule has 3 aromatic rings. The lowest BCUT2D eigenvalue weighted by molar-refractivity contribution is -0.0332. The quantitative estimate of drug-likeness (QED) is 0.726. The summed E-state index contributed by atoms with van der Waals surface area (Å²) in [6.45, 7) is 3.47. The van der Waals surface area contributed by atoms with Gasteiger partial charge in [-0.15, -0.1) is 11.3 Å². The first-order chi connectivity index (χ1) is 11.9. The van der Waals surface area contributed by atoms with Crippen LogP contribution in [-0.2, 0) is 11.3 Å². The highest BCUT2D eigenvalue weighted by Gasteiger charge is 2.22. The molecule has 4 rings (SSSR count). The Bertz CT molecular complexity index is 776. The summed E-state index contributed by atoms with van der Waals surface area (Å²) in [5.74, 6) is 0. The number of benzene rings is 1. The van der Waals surface area contributed by atoms with E-state index >= 15 is 0 Å². The van der Waals surface area contributed by atoms with Crippen LogP contribution in [0.25, 0.3) is 10.7 Å². The number of rotatable bonds is 4. The molecular formula is C19H19N3OS. The molecule has 24 heavy (non-hydrogen) atoms. The Morgan fingerprint density at radius 1 is 1.12 bits per heavy atom. The lowest BCUT2D eigenvalue weighted by Crippen LogP contribution is -2.37. The summed E-state index contributed by atoms with van der Waals surface area (Å²) in [5.41, 5.74) is 3.29. The Hall–Kier alpha value is -2.08. The highest BCUT2D eigenvalue weighted by molar-refractivity contribution is 7.13. The van der Waals surface area contributed by atoms with E-state index in [9.17, 15) is 0 Å². The fourth-order valence-corrected chi connectivity index (χ4v) is 3.72. The second-order valence-electron chi connectivity index (χ2n) is 5.86. The molecule has 0 spiro atoms. The van der Waals surface area contributed by atoms with Gasteiger partial charge >= 0.3 is 0 Å². The molecule has 1 saturated heterocycles. The van der Waals surface area contributed by atoms with Crippen molar-refractivity contribution >= 4 is 11.3 Å². The fourth-order valence-electron chi connectivity index (χ4n) is 2.93. The lowest BCUT2D eigenvalue weighted by atomic mass is 10.1. The van der Waals surface area contributed by atoms with Crippen molar-refractivity contribution in [2.75, 3.05) is 19.7 Å². The van der Waals surface area contributed by atoms with Crippen molar-refractivity contribution in [2.45, 2.75) is 12.6 Å². The first-order valence-electron chi connectivity index (χ1n) is 8.13. The summed E-state index contributed by atoms with van der Waals surface area (Å²) in [6.07, 6.45) is 1.96. The van der Waals surface area contributed by atoms with Crippen molar-refractivity contribution in [1.29, 1.82) is 0 Å². The van der Waals surface area contributed by atoms with Crippen LogP contribution in [0.2, 0.25) is 0 Å². The molecule has 0 bridgehead atoms. The third-order valence-corrected chi connectivity index (χ3v) is 5.06. The van der Waals surface area contributed by atoms with Crippen molar-refractivity contribution in [2.24, 2.45) is 0 Å². The molecule has 0 amide bonds. The molecule has 2 aromatic heterocycles. The zero-order chi connectivity index (χ0) is 16.2. The summed E-state index contributed by atoms with van der Waals surface area (Å²) in [4.78, 5) is 11.5. The molecule has 1 aromatic carbocycles. The molecule has 0 N–H and O–H groups in total. The number of ether oxygens (including phenoxy) is 1. The van der Waals surface area contributed by atoms with Gasteiger partial charge in [-0.25, -0.2) is 4.98 Å². The van der Waals surface area contributed by atoms with Gasteiger partial charge in [0, 0.05) is 31.2 Å². The predicted molar refractivity (Wildman–Crippen MR) is 95.8 cm³/mol. The minimum atomic E-state index is 0.147. The Labute approximate surface area is 145 Å². The second-order valence-corrected chi connectivity index (χ2v) is 6.72. The summed E-state index contributed by atoms with van der Waals surface area (Å²) in [5, 5.41) is 3.12. The highest BCUT2D eigenvalue weighted by atomic mass is 32.1. The fraction of sp³-hybridized carbons (Fsp3) is 0.263. The van der Waals surface area contributed by atoms with Crippen molar-refractivity contribution in [1.82, 2.24) is 14.9 Å². The molecule has 0 radical (unpaired) electrons. The van der Waals surface area contributed by atoms with Crippen LogP contribution in [0.5, 0.6) is 0 Å². The van der Waals surface area contributed by atoms with Crippen molar-refractivity contribution < 1.29 is 4.74 Å². The molecule has 1 fully saturated rings. The van der Waals surface area contributed by atoms with Crippen LogP contribution in [0.15, 0.2) is 60.1 Å². The molecule has 0 unspecified atom stereocenters. The molecule has 4 nitrogen and oxygen atoms in total. The van der Waals surface area contributed by atoms with E-state index in [2.05, 4.69) is 39.5 Å². The van der Waals surface area contributed by atoms with Gasteiger partial charge < -0.3 is 4.74 Å². The zero-order valence-electron chi connectivity index (χ0n) is 13.3. The molecule has 122 valence electrons. The van der Waals surface area contributed by atoms with Crippen molar-refractivity contribution in [3.63, 3.8) is 0 Å². The van der Waals surface area contributed by atoms with Crippen molar-refractivity contribution in [3.8, 4) is 10.7 Å². The summed E-state index contributed by atoms with van der Waals surface area (Å²) in [7, 11) is 0. The number of hydrogen-bond donors (Lipinski definition) is 0. The standard InChI is InChI=1S/C19H19N3OS/c1-2-6-15(7-3-1)18-13-22(10-11-23-18)12-16-14-24-19(21-16)17-8-4-5-9-20-17/h1-9,14,18H,10-13H2/t18-/m0/s1. The minimum absolute atomic E-state index is 0.147. The number of hydrogen-bond acceptors (Lipinski definition) is 5. The number of nitrogens with zero attached hydrogens (tertiary/aromatic N) is 3. The first kappa shape index (κ1) is 15.4. The maximum Gasteiger partial charge on any atom is 0.142 e. The van der Waals surface area contributed by atoms with Crippen LogP contribution < -0.4 is 0 Å². The molecule has 3 heterocycles. The Balaban J connectivity index is 1.43. The SMILES string of the molecule is c1ccc([C@@H]2CN(Cc3csc(-c4ccccn4)n3)CCO2)cc1. The summed E-state index contributed by atoms with van der Waals surface area (Å²) >= 11 is 1.66. The number of thiazole rings is 1. The van der Waals surface area contributed by atoms with Crippen LogP contribution in [0, 0.1) is 0 Å². The molecular weight excluding hydrogens is 318 g/mol. The van der Waals surface area contributed by atoms with Crippen LogP contribution >= 0.6 is 11.3 Å². The lowest BCUT2D eigenvalue weighted by Gasteiger charge is -2.32. The summed E-state index contributed by atoms with van der Waals surface area (Å²) < 4.78 is 5.94. The average molecular weight is 337 g/mol. The van der Waals surface area contributed by atoms with Gasteiger partial charge in [0.25, 0.3) is 0 Å². The second kappa shape index (κ2) is 7.21. The molecule has 1 atom stereocenters. The molecule has 0 saturated carbocycles. The monoisotopic (exact) mass is 337 g/mol. The molecule has 0 aliphatic carbocycles. The van der Waals surface area contributed by atoms with E-state index in [4.69, 9.17) is 9.72 Å². The maximum atomic E-state index is 5.94. The van der Waals surface area contributed by atoms with E-state index < -0.39 is 0 Å². The summed E-state index contributed by atoms with van der Waals surface area (Å²) in [6, 6.07) is 16.4. The van der Waals surface area contributed by atoms with Gasteiger partial charge in [0.1, 0.15) is 5.01 Å². The van der Waals surface area contributed by atoms with Gasteiger partial charge in [0.05, 0.1) is 24.1 Å². The first-order valence-corrected chi connectivity index (χ1v) is 9.01. The average Bonchev–Trinajstić information content (AvgIpc) is 3.12. The van der Waals surface area contributed by atoms with Gasteiger partial charge in [-0.1, -0.05) is 36.4 Å². The van der Waals surface area contributed by atoms with Gasteiger partial charge in [0.15, 0.2) is 0 Å². The largest absolute Gasteiger partial charge is 0.371 e. The van der Waals surface area contributed by atoms with Crippen LogP contribution in [0.1, 0.15) is 17.4 Å². The Morgan fingerprint density at radius 2 is 2.00 bits per heavy atom. The Kier molecular flexibility index (Phi) is 4.64. The van der Waals surface area contributed by atoms with Crippen LogP contribution in [-0.4, -0.2) is 34.6 Å². The van der Waals surface area contributed by atoms with E-state index in [1.54, 1.807) is 11.3 Å². The highest BCUT2D eigenvalue weighted by Crippen LogP contribution is 2.25. The van der Waals surface area contributed by atoms with Gasteiger partial charge in [0.2, 0.25) is 0 Å². The van der Waals surface area contributed by atoms with E-state index in [0.29, 0.717) is 0 Å². The van der Waals surface area contributed by atoms with Crippen LogP contribution in [0.4, 0.5) is 0 Å². The number of pyridine rings is 1. The zero-order valence-corrected chi connectivity index (χ0v) is 14.2. The van der Waals surface area contributed by atoms with Gasteiger partial charge in [-0.3, -0.25) is 9.88 Å². The number of aromatic nitrogens is 2.